The molecule has 0 radical (unpaired) electrons. The molecule has 1 saturated heterocycles. The number of amides is 2. The van der Waals surface area contributed by atoms with Gasteiger partial charge in [0.1, 0.15) is 0 Å². The van der Waals surface area contributed by atoms with Crippen LogP contribution in [0.15, 0.2) is 48.5 Å². The topological polar surface area (TPSA) is 49.4 Å². The highest BCUT2D eigenvalue weighted by atomic mass is 35.5. The Bertz CT molecular complexity index is 748. The van der Waals surface area contributed by atoms with Crippen molar-refractivity contribution in [2.75, 3.05) is 18.4 Å². The van der Waals surface area contributed by atoms with Crippen LogP contribution < -0.4 is 5.32 Å². The van der Waals surface area contributed by atoms with Gasteiger partial charge in [0.05, 0.1) is 0 Å². The average molecular weight is 357 g/mol. The summed E-state index contributed by atoms with van der Waals surface area (Å²) in [6.45, 7) is 3.83. The second-order valence-electron chi connectivity index (χ2n) is 6.51. The predicted octanol–water partition coefficient (Wildman–Crippen LogP) is 4.46. The van der Waals surface area contributed by atoms with E-state index in [4.69, 9.17) is 11.6 Å². The fraction of sp³-hybridized carbons (Fsp3) is 0.300. The Balaban J connectivity index is 1.64. The number of carbonyl (C=O) groups is 2. The van der Waals surface area contributed by atoms with Crippen molar-refractivity contribution in [3.63, 3.8) is 0 Å². The smallest absolute Gasteiger partial charge is 0.255 e. The Labute approximate surface area is 152 Å². The van der Waals surface area contributed by atoms with Gasteiger partial charge < -0.3 is 10.2 Å². The lowest BCUT2D eigenvalue weighted by atomic mass is 9.98. The lowest BCUT2D eigenvalue weighted by molar-refractivity contribution is 0.0697. The van der Waals surface area contributed by atoms with E-state index in [1.54, 1.807) is 48.5 Å². The standard InChI is InChI=1S/C20H21ClN2O2/c1-14-10-12-23(13-11-14)20(25)16-4-2-15(3-5-16)19(24)22-18-8-6-17(21)7-9-18/h2-9,14H,10-13H2,1H3,(H,22,24). The van der Waals surface area contributed by atoms with Crippen LogP contribution in [-0.4, -0.2) is 29.8 Å². The van der Waals surface area contributed by atoms with Gasteiger partial charge in [-0.25, -0.2) is 0 Å². The lowest BCUT2D eigenvalue weighted by Gasteiger charge is -2.30. The normalized spacial score (nSPS) is 15.0. The highest BCUT2D eigenvalue weighted by molar-refractivity contribution is 6.30. The third kappa shape index (κ3) is 4.40. The molecule has 2 aromatic rings. The fourth-order valence-corrected chi connectivity index (χ4v) is 3.02. The number of nitrogens with zero attached hydrogens (tertiary/aromatic N) is 1. The zero-order valence-corrected chi connectivity index (χ0v) is 14.9. The van der Waals surface area contributed by atoms with Crippen LogP contribution in [0.2, 0.25) is 5.02 Å². The molecule has 3 rings (SSSR count). The Kier molecular flexibility index (Phi) is 5.39. The van der Waals surface area contributed by atoms with Crippen molar-refractivity contribution < 1.29 is 9.59 Å². The summed E-state index contributed by atoms with van der Waals surface area (Å²) < 4.78 is 0. The van der Waals surface area contributed by atoms with Crippen LogP contribution in [0.1, 0.15) is 40.5 Å². The van der Waals surface area contributed by atoms with Crippen molar-refractivity contribution in [1.29, 1.82) is 0 Å². The maximum absolute atomic E-state index is 12.5. The van der Waals surface area contributed by atoms with Gasteiger partial charge in [0.15, 0.2) is 0 Å². The first-order valence-corrected chi connectivity index (χ1v) is 8.87. The Morgan fingerprint density at radius 2 is 1.52 bits per heavy atom. The Hall–Kier alpha value is -2.33. The number of nitrogens with one attached hydrogen (secondary N) is 1. The quantitative estimate of drug-likeness (QED) is 0.882. The van der Waals surface area contributed by atoms with E-state index in [2.05, 4.69) is 12.2 Å². The molecule has 0 aromatic heterocycles. The van der Waals surface area contributed by atoms with Gasteiger partial charge in [-0.2, -0.15) is 0 Å². The largest absolute Gasteiger partial charge is 0.339 e. The van der Waals surface area contributed by atoms with Gasteiger partial charge in [0.2, 0.25) is 0 Å². The molecular formula is C20H21ClN2O2. The molecule has 2 amide bonds. The first kappa shape index (κ1) is 17.5. The molecule has 0 spiro atoms. The number of benzene rings is 2. The van der Waals surface area contributed by atoms with Gasteiger partial charge in [0, 0.05) is 34.9 Å². The zero-order chi connectivity index (χ0) is 17.8. The molecule has 5 heteroatoms. The molecule has 1 aliphatic heterocycles. The number of anilines is 1. The summed E-state index contributed by atoms with van der Waals surface area (Å²) in [6, 6.07) is 13.7. The zero-order valence-electron chi connectivity index (χ0n) is 14.2. The van der Waals surface area contributed by atoms with Gasteiger partial charge in [-0.05, 0) is 67.3 Å². The van der Waals surface area contributed by atoms with Crippen LogP contribution in [0.25, 0.3) is 0 Å². The molecule has 0 atom stereocenters. The minimum atomic E-state index is -0.215. The maximum Gasteiger partial charge on any atom is 0.255 e. The van der Waals surface area contributed by atoms with Crippen molar-refractivity contribution in [3.05, 3.63) is 64.7 Å². The summed E-state index contributed by atoms with van der Waals surface area (Å²) >= 11 is 5.84. The summed E-state index contributed by atoms with van der Waals surface area (Å²) in [4.78, 5) is 26.7. The molecule has 1 aliphatic rings. The molecule has 0 aliphatic carbocycles. The number of hydrogen-bond donors (Lipinski definition) is 1. The van der Waals surface area contributed by atoms with Crippen molar-refractivity contribution in [3.8, 4) is 0 Å². The van der Waals surface area contributed by atoms with E-state index in [1.165, 1.54) is 0 Å². The van der Waals surface area contributed by atoms with E-state index in [9.17, 15) is 9.59 Å². The van der Waals surface area contributed by atoms with E-state index in [-0.39, 0.29) is 11.8 Å². The molecule has 1 fully saturated rings. The number of hydrogen-bond acceptors (Lipinski definition) is 2. The predicted molar refractivity (Wildman–Crippen MR) is 100 cm³/mol. The number of likely N-dealkylation sites (tertiary alicyclic amines) is 1. The highest BCUT2D eigenvalue weighted by Crippen LogP contribution is 2.19. The third-order valence-electron chi connectivity index (χ3n) is 4.57. The number of piperidine rings is 1. The average Bonchev–Trinajstić information content (AvgIpc) is 2.64. The van der Waals surface area contributed by atoms with E-state index in [1.807, 2.05) is 4.90 Å². The number of rotatable bonds is 3. The second kappa shape index (κ2) is 7.70. The van der Waals surface area contributed by atoms with Crippen LogP contribution in [-0.2, 0) is 0 Å². The van der Waals surface area contributed by atoms with Crippen LogP contribution in [0.3, 0.4) is 0 Å². The van der Waals surface area contributed by atoms with Crippen molar-refractivity contribution in [2.24, 2.45) is 5.92 Å². The lowest BCUT2D eigenvalue weighted by Crippen LogP contribution is -2.37. The van der Waals surface area contributed by atoms with Gasteiger partial charge in [0.25, 0.3) is 11.8 Å². The van der Waals surface area contributed by atoms with Gasteiger partial charge in [-0.3, -0.25) is 9.59 Å². The highest BCUT2D eigenvalue weighted by Gasteiger charge is 2.21. The van der Waals surface area contributed by atoms with Gasteiger partial charge in [-0.1, -0.05) is 18.5 Å². The maximum atomic E-state index is 12.5. The SMILES string of the molecule is CC1CCN(C(=O)c2ccc(C(=O)Nc3ccc(Cl)cc3)cc2)CC1. The van der Waals surface area contributed by atoms with Crippen LogP contribution in [0, 0.1) is 5.92 Å². The first-order chi connectivity index (χ1) is 12.0. The van der Waals surface area contributed by atoms with E-state index < -0.39 is 0 Å². The Morgan fingerprint density at radius 1 is 0.960 bits per heavy atom. The fourth-order valence-electron chi connectivity index (χ4n) is 2.89. The molecule has 4 nitrogen and oxygen atoms in total. The molecular weight excluding hydrogens is 336 g/mol. The molecule has 130 valence electrons. The van der Waals surface area contributed by atoms with Crippen molar-refractivity contribution in [1.82, 2.24) is 4.90 Å². The minimum absolute atomic E-state index is 0.0385. The molecule has 0 saturated carbocycles. The van der Waals surface area contributed by atoms with Gasteiger partial charge in [-0.15, -0.1) is 0 Å². The molecule has 0 unspecified atom stereocenters. The van der Waals surface area contributed by atoms with E-state index in [0.29, 0.717) is 27.8 Å². The van der Waals surface area contributed by atoms with Crippen molar-refractivity contribution in [2.45, 2.75) is 19.8 Å². The van der Waals surface area contributed by atoms with Gasteiger partial charge >= 0.3 is 0 Å². The molecule has 1 N–H and O–H groups in total. The third-order valence-corrected chi connectivity index (χ3v) is 4.82. The summed E-state index contributed by atoms with van der Waals surface area (Å²) in [7, 11) is 0. The number of carbonyl (C=O) groups excluding carboxylic acids is 2. The van der Waals surface area contributed by atoms with Crippen LogP contribution in [0.5, 0.6) is 0 Å². The minimum Gasteiger partial charge on any atom is -0.339 e. The summed E-state index contributed by atoms with van der Waals surface area (Å²) in [5, 5.41) is 3.43. The molecule has 25 heavy (non-hydrogen) atoms. The van der Waals surface area contributed by atoms with Crippen LogP contribution in [0.4, 0.5) is 5.69 Å². The molecule has 2 aromatic carbocycles. The first-order valence-electron chi connectivity index (χ1n) is 8.49. The number of halogens is 1. The summed E-state index contributed by atoms with van der Waals surface area (Å²) in [6.07, 6.45) is 2.10. The summed E-state index contributed by atoms with van der Waals surface area (Å²) in [5.74, 6) is 0.507. The monoisotopic (exact) mass is 356 g/mol. The van der Waals surface area contributed by atoms with E-state index >= 15 is 0 Å². The molecule has 1 heterocycles. The summed E-state index contributed by atoms with van der Waals surface area (Å²) in [5.41, 5.74) is 1.81. The molecule has 0 bridgehead atoms. The second-order valence-corrected chi connectivity index (χ2v) is 6.95. The van der Waals surface area contributed by atoms with Crippen LogP contribution >= 0.6 is 11.6 Å². The Morgan fingerprint density at radius 3 is 2.12 bits per heavy atom. The van der Waals surface area contributed by atoms with Crippen molar-refractivity contribution >= 4 is 29.1 Å². The van der Waals surface area contributed by atoms with E-state index in [0.717, 1.165) is 25.9 Å².